The van der Waals surface area contributed by atoms with E-state index in [0.717, 1.165) is 17.9 Å². The maximum Gasteiger partial charge on any atom is 0.0101 e. The van der Waals surface area contributed by atoms with E-state index in [9.17, 15) is 0 Å². The Labute approximate surface area is 92.9 Å². The Morgan fingerprint density at radius 3 is 2.47 bits per heavy atom. The van der Waals surface area contributed by atoms with E-state index in [-0.39, 0.29) is 0 Å². The molecule has 1 saturated carbocycles. The van der Waals surface area contributed by atoms with Gasteiger partial charge in [-0.25, -0.2) is 0 Å². The molecule has 0 radical (unpaired) electrons. The molecule has 1 heteroatoms. The third kappa shape index (κ3) is 1.81. The van der Waals surface area contributed by atoms with Gasteiger partial charge in [-0.1, -0.05) is 25.1 Å². The summed E-state index contributed by atoms with van der Waals surface area (Å²) >= 11 is 0. The lowest BCUT2D eigenvalue weighted by Gasteiger charge is -2.43. The molecule has 3 unspecified atom stereocenters. The van der Waals surface area contributed by atoms with E-state index in [1.54, 1.807) is 0 Å². The first-order valence-electron chi connectivity index (χ1n) is 5.88. The molecule has 0 bridgehead atoms. The number of aryl methyl sites for hydroxylation is 2. The van der Waals surface area contributed by atoms with Gasteiger partial charge in [0.05, 0.1) is 0 Å². The van der Waals surface area contributed by atoms with Gasteiger partial charge < -0.3 is 5.32 Å². The van der Waals surface area contributed by atoms with Crippen molar-refractivity contribution < 1.29 is 0 Å². The zero-order valence-corrected chi connectivity index (χ0v) is 10.2. The normalized spacial score (nSPS) is 30.0. The minimum atomic E-state index is 0.719. The fraction of sp³-hybridized carbons (Fsp3) is 0.571. The van der Waals surface area contributed by atoms with Gasteiger partial charge >= 0.3 is 0 Å². The average molecular weight is 203 g/mol. The van der Waals surface area contributed by atoms with Crippen LogP contribution in [0.2, 0.25) is 0 Å². The van der Waals surface area contributed by atoms with Crippen LogP contribution in [0.1, 0.15) is 36.0 Å². The molecule has 1 aromatic carbocycles. The molecule has 2 rings (SSSR count). The van der Waals surface area contributed by atoms with Crippen molar-refractivity contribution in [2.45, 2.75) is 39.2 Å². The predicted octanol–water partition coefficient (Wildman–Crippen LogP) is 3.01. The van der Waals surface area contributed by atoms with Crippen LogP contribution in [0, 0.1) is 19.8 Å². The highest BCUT2D eigenvalue weighted by Gasteiger charge is 2.37. The molecule has 1 fully saturated rings. The second kappa shape index (κ2) is 3.97. The summed E-state index contributed by atoms with van der Waals surface area (Å²) in [6.07, 6.45) is 1.29. The third-order valence-corrected chi connectivity index (χ3v) is 4.11. The van der Waals surface area contributed by atoms with Gasteiger partial charge in [0.1, 0.15) is 0 Å². The molecular formula is C14H21N. The lowest BCUT2D eigenvalue weighted by atomic mass is 9.67. The highest BCUT2D eigenvalue weighted by atomic mass is 14.9. The molecule has 1 aromatic rings. The first kappa shape index (κ1) is 10.7. The summed E-state index contributed by atoms with van der Waals surface area (Å²) in [5.74, 6) is 1.54. The van der Waals surface area contributed by atoms with Gasteiger partial charge in [-0.2, -0.15) is 0 Å². The van der Waals surface area contributed by atoms with Crippen molar-refractivity contribution in [1.29, 1.82) is 0 Å². The molecule has 1 aliphatic rings. The number of benzene rings is 1. The molecule has 1 aliphatic carbocycles. The summed E-state index contributed by atoms with van der Waals surface area (Å²) < 4.78 is 0. The molecule has 0 heterocycles. The van der Waals surface area contributed by atoms with Crippen LogP contribution < -0.4 is 5.32 Å². The standard InChI is InChI=1S/C14H21N/c1-9-5-6-12(7-10(9)2)13-8-14(15-4)11(13)3/h5-7,11,13-15H,8H2,1-4H3. The second-order valence-corrected chi connectivity index (χ2v) is 4.94. The van der Waals surface area contributed by atoms with E-state index in [2.05, 4.69) is 51.3 Å². The predicted molar refractivity (Wildman–Crippen MR) is 65.3 cm³/mol. The van der Waals surface area contributed by atoms with Crippen LogP contribution in [0.4, 0.5) is 0 Å². The van der Waals surface area contributed by atoms with Crippen LogP contribution in [0.5, 0.6) is 0 Å². The summed E-state index contributed by atoms with van der Waals surface area (Å²) in [6, 6.07) is 7.64. The van der Waals surface area contributed by atoms with Crippen LogP contribution in [0.25, 0.3) is 0 Å². The van der Waals surface area contributed by atoms with Gasteiger partial charge in [0.2, 0.25) is 0 Å². The Bertz CT molecular complexity index is 356. The summed E-state index contributed by atoms with van der Waals surface area (Å²) in [5.41, 5.74) is 4.35. The number of hydrogen-bond donors (Lipinski definition) is 1. The quantitative estimate of drug-likeness (QED) is 0.779. The molecule has 0 aliphatic heterocycles. The van der Waals surface area contributed by atoms with E-state index in [1.165, 1.54) is 23.1 Å². The Hall–Kier alpha value is -0.820. The minimum Gasteiger partial charge on any atom is -0.317 e. The van der Waals surface area contributed by atoms with Crippen LogP contribution in [0.3, 0.4) is 0 Å². The minimum absolute atomic E-state index is 0.719. The zero-order chi connectivity index (χ0) is 11.0. The van der Waals surface area contributed by atoms with Crippen LogP contribution >= 0.6 is 0 Å². The smallest absolute Gasteiger partial charge is 0.0101 e. The summed E-state index contributed by atoms with van der Waals surface area (Å²) in [7, 11) is 2.07. The van der Waals surface area contributed by atoms with Crippen LogP contribution in [-0.2, 0) is 0 Å². The molecule has 0 spiro atoms. The summed E-state index contributed by atoms with van der Waals surface area (Å²) in [6.45, 7) is 6.74. The zero-order valence-electron chi connectivity index (χ0n) is 10.2. The fourth-order valence-corrected chi connectivity index (χ4v) is 2.60. The molecule has 82 valence electrons. The maximum atomic E-state index is 3.38. The van der Waals surface area contributed by atoms with E-state index < -0.39 is 0 Å². The Morgan fingerprint density at radius 2 is 1.93 bits per heavy atom. The molecule has 0 aromatic heterocycles. The van der Waals surface area contributed by atoms with Gasteiger partial charge in [0.15, 0.2) is 0 Å². The lowest BCUT2D eigenvalue weighted by molar-refractivity contribution is 0.194. The summed E-state index contributed by atoms with van der Waals surface area (Å²) in [4.78, 5) is 0. The van der Waals surface area contributed by atoms with E-state index in [1.807, 2.05) is 0 Å². The van der Waals surface area contributed by atoms with E-state index in [0.29, 0.717) is 0 Å². The van der Waals surface area contributed by atoms with Crippen LogP contribution in [-0.4, -0.2) is 13.1 Å². The highest BCUT2D eigenvalue weighted by molar-refractivity contribution is 5.33. The number of hydrogen-bond acceptors (Lipinski definition) is 1. The van der Waals surface area contributed by atoms with Crippen molar-refractivity contribution in [1.82, 2.24) is 5.32 Å². The monoisotopic (exact) mass is 203 g/mol. The van der Waals surface area contributed by atoms with Crippen molar-refractivity contribution in [3.05, 3.63) is 34.9 Å². The first-order valence-corrected chi connectivity index (χ1v) is 5.88. The van der Waals surface area contributed by atoms with Gasteiger partial charge in [-0.15, -0.1) is 0 Å². The van der Waals surface area contributed by atoms with Crippen LogP contribution in [0.15, 0.2) is 18.2 Å². The number of nitrogens with one attached hydrogen (secondary N) is 1. The molecule has 3 atom stereocenters. The van der Waals surface area contributed by atoms with Crippen molar-refractivity contribution in [2.24, 2.45) is 5.92 Å². The van der Waals surface area contributed by atoms with E-state index >= 15 is 0 Å². The maximum absolute atomic E-state index is 3.38. The Balaban J connectivity index is 2.15. The van der Waals surface area contributed by atoms with Gasteiger partial charge in [0, 0.05) is 6.04 Å². The highest BCUT2D eigenvalue weighted by Crippen LogP contribution is 2.42. The topological polar surface area (TPSA) is 12.0 Å². The second-order valence-electron chi connectivity index (χ2n) is 4.94. The van der Waals surface area contributed by atoms with E-state index in [4.69, 9.17) is 0 Å². The van der Waals surface area contributed by atoms with Crippen molar-refractivity contribution in [3.8, 4) is 0 Å². The molecule has 15 heavy (non-hydrogen) atoms. The molecular weight excluding hydrogens is 182 g/mol. The molecule has 0 saturated heterocycles. The first-order chi connectivity index (χ1) is 7.13. The molecule has 1 nitrogen and oxygen atoms in total. The Kier molecular flexibility index (Phi) is 2.83. The molecule has 0 amide bonds. The van der Waals surface area contributed by atoms with Gasteiger partial charge in [0.25, 0.3) is 0 Å². The van der Waals surface area contributed by atoms with Crippen molar-refractivity contribution in [2.75, 3.05) is 7.05 Å². The SMILES string of the molecule is CNC1CC(c2ccc(C)c(C)c2)C1C. The lowest BCUT2D eigenvalue weighted by Crippen LogP contribution is -2.46. The number of rotatable bonds is 2. The average Bonchev–Trinajstić information content (AvgIpc) is 2.22. The third-order valence-electron chi connectivity index (χ3n) is 4.11. The van der Waals surface area contributed by atoms with Crippen molar-refractivity contribution in [3.63, 3.8) is 0 Å². The fourth-order valence-electron chi connectivity index (χ4n) is 2.60. The Morgan fingerprint density at radius 1 is 1.20 bits per heavy atom. The van der Waals surface area contributed by atoms with Gasteiger partial charge in [-0.05, 0) is 55.8 Å². The largest absolute Gasteiger partial charge is 0.317 e. The van der Waals surface area contributed by atoms with Gasteiger partial charge in [-0.3, -0.25) is 0 Å². The summed E-state index contributed by atoms with van der Waals surface area (Å²) in [5, 5.41) is 3.38. The molecule has 1 N–H and O–H groups in total. The van der Waals surface area contributed by atoms with Crippen molar-refractivity contribution >= 4 is 0 Å².